The van der Waals surface area contributed by atoms with Crippen molar-refractivity contribution in [3.63, 3.8) is 0 Å². The standard InChI is InChI=1S/C18H25NO.HNO3/c1-19-10-9-18-8-4-3-5-15(18)17(19)11-13-6-7-14(20-2)12-16(13)18;2-1(3)4/h6-7,12,15,17H,3-5,8-11H2,1-2H3;(H,2,3,4)/t15-,17+,18+;/m1./s1. The van der Waals surface area contributed by atoms with Gasteiger partial charge in [-0.25, -0.2) is 0 Å². The van der Waals surface area contributed by atoms with Gasteiger partial charge in [0.2, 0.25) is 0 Å². The Bertz CT molecular complexity index is 617. The minimum absolute atomic E-state index is 0.456. The van der Waals surface area contributed by atoms with Gasteiger partial charge in [-0.15, -0.1) is 10.1 Å². The summed E-state index contributed by atoms with van der Waals surface area (Å²) in [6.45, 7) is 1.26. The van der Waals surface area contributed by atoms with Gasteiger partial charge in [0.25, 0.3) is 5.09 Å². The molecule has 0 radical (unpaired) electrons. The first-order valence-electron chi connectivity index (χ1n) is 8.69. The molecule has 1 aromatic rings. The lowest BCUT2D eigenvalue weighted by molar-refractivity contribution is -0.742. The number of likely N-dealkylation sites (tertiary alicyclic amines) is 1. The summed E-state index contributed by atoms with van der Waals surface area (Å²) in [6, 6.07) is 7.60. The topological polar surface area (TPSA) is 75.8 Å². The summed E-state index contributed by atoms with van der Waals surface area (Å²) in [5.74, 6) is 1.91. The van der Waals surface area contributed by atoms with Crippen LogP contribution in [0.5, 0.6) is 5.75 Å². The molecule has 1 saturated heterocycles. The molecule has 3 atom stereocenters. The van der Waals surface area contributed by atoms with Crippen LogP contribution in [0.25, 0.3) is 0 Å². The minimum atomic E-state index is -1.50. The average molecular weight is 334 g/mol. The molecule has 1 heterocycles. The third-order valence-electron chi connectivity index (χ3n) is 6.32. The highest BCUT2D eigenvalue weighted by Gasteiger charge is 2.53. The highest BCUT2D eigenvalue weighted by atomic mass is 16.9. The molecule has 6 nitrogen and oxygen atoms in total. The van der Waals surface area contributed by atoms with E-state index in [0.29, 0.717) is 5.41 Å². The number of benzene rings is 1. The van der Waals surface area contributed by atoms with Gasteiger partial charge < -0.3 is 14.8 Å². The first kappa shape index (κ1) is 17.0. The van der Waals surface area contributed by atoms with Crippen LogP contribution in [0.2, 0.25) is 0 Å². The molecule has 2 aliphatic carbocycles. The predicted octanol–water partition coefficient (Wildman–Crippen LogP) is 3.04. The smallest absolute Gasteiger partial charge is 0.291 e. The van der Waals surface area contributed by atoms with Crippen molar-refractivity contribution in [3.05, 3.63) is 39.4 Å². The molecule has 1 aliphatic heterocycles. The third-order valence-corrected chi connectivity index (χ3v) is 6.32. The molecule has 0 unspecified atom stereocenters. The summed E-state index contributed by atoms with van der Waals surface area (Å²) < 4.78 is 5.51. The number of ether oxygens (including phenoxy) is 1. The molecule has 1 N–H and O–H groups in total. The fourth-order valence-corrected chi connectivity index (χ4v) is 5.30. The molecule has 3 aliphatic rings. The summed E-state index contributed by atoms with van der Waals surface area (Å²) >= 11 is 0. The van der Waals surface area contributed by atoms with Crippen molar-refractivity contribution in [2.75, 3.05) is 20.7 Å². The van der Waals surface area contributed by atoms with Crippen molar-refractivity contribution >= 4 is 0 Å². The summed E-state index contributed by atoms with van der Waals surface area (Å²) in [5.41, 5.74) is 3.67. The maximum Gasteiger partial charge on any atom is 0.291 e. The van der Waals surface area contributed by atoms with Gasteiger partial charge in [0.15, 0.2) is 0 Å². The quantitative estimate of drug-likeness (QED) is 0.631. The second-order valence-electron chi connectivity index (χ2n) is 7.27. The minimum Gasteiger partial charge on any atom is -0.497 e. The van der Waals surface area contributed by atoms with E-state index in [1.54, 1.807) is 18.2 Å². The van der Waals surface area contributed by atoms with Crippen molar-refractivity contribution in [2.45, 2.75) is 50.0 Å². The Labute approximate surface area is 142 Å². The van der Waals surface area contributed by atoms with Crippen LogP contribution in [0.3, 0.4) is 0 Å². The van der Waals surface area contributed by atoms with Gasteiger partial charge >= 0.3 is 0 Å². The molecule has 132 valence electrons. The van der Waals surface area contributed by atoms with E-state index in [4.69, 9.17) is 20.1 Å². The van der Waals surface area contributed by atoms with E-state index in [-0.39, 0.29) is 0 Å². The van der Waals surface area contributed by atoms with Gasteiger partial charge in [-0.05, 0) is 68.5 Å². The van der Waals surface area contributed by atoms with Crippen LogP contribution in [-0.2, 0) is 11.8 Å². The van der Waals surface area contributed by atoms with Crippen LogP contribution in [0.1, 0.15) is 43.2 Å². The molecule has 2 bridgehead atoms. The fraction of sp³-hybridized carbons (Fsp3) is 0.667. The Balaban J connectivity index is 0.000000383. The largest absolute Gasteiger partial charge is 0.497 e. The van der Waals surface area contributed by atoms with Crippen molar-refractivity contribution in [1.82, 2.24) is 4.90 Å². The summed E-state index contributed by atoms with van der Waals surface area (Å²) in [7, 11) is 4.12. The molecule has 4 rings (SSSR count). The highest BCUT2D eigenvalue weighted by molar-refractivity contribution is 5.45. The molecule has 24 heavy (non-hydrogen) atoms. The van der Waals surface area contributed by atoms with Crippen molar-refractivity contribution in [1.29, 1.82) is 0 Å². The maximum absolute atomic E-state index is 8.36. The van der Waals surface area contributed by atoms with Crippen LogP contribution >= 0.6 is 0 Å². The number of nitrogens with zero attached hydrogens (tertiary/aromatic N) is 2. The molecule has 0 aromatic heterocycles. The van der Waals surface area contributed by atoms with Gasteiger partial charge in [0.05, 0.1) is 7.11 Å². The number of likely N-dealkylation sites (N-methyl/N-ethyl adjacent to an activating group) is 1. The first-order valence-corrected chi connectivity index (χ1v) is 8.69. The number of rotatable bonds is 1. The molecular weight excluding hydrogens is 308 g/mol. The Morgan fingerprint density at radius 3 is 2.83 bits per heavy atom. The first-order chi connectivity index (χ1) is 11.5. The second kappa shape index (κ2) is 6.59. The lowest BCUT2D eigenvalue weighted by Gasteiger charge is -2.58. The number of fused-ring (bicyclic) bond motifs is 1. The van der Waals surface area contributed by atoms with Gasteiger partial charge in [0, 0.05) is 11.5 Å². The molecule has 2 fully saturated rings. The number of methoxy groups -OCH3 is 1. The SMILES string of the molecule is COc1ccc2c(c1)[C@]13CCCC[C@@H]1[C@H](C2)N(C)CC3.O=[N+]([O-])O. The van der Waals surface area contributed by atoms with Crippen LogP contribution in [0.4, 0.5) is 0 Å². The lowest BCUT2D eigenvalue weighted by Crippen LogP contribution is -2.59. The Hall–Kier alpha value is -1.82. The molecule has 1 saturated carbocycles. The monoisotopic (exact) mass is 334 g/mol. The predicted molar refractivity (Wildman–Crippen MR) is 90.1 cm³/mol. The molecular formula is C18H26N2O4. The summed E-state index contributed by atoms with van der Waals surface area (Å²) in [4.78, 5) is 11.0. The molecule has 0 amide bonds. The zero-order chi connectivity index (χ0) is 17.3. The zero-order valence-electron chi connectivity index (χ0n) is 14.4. The summed E-state index contributed by atoms with van der Waals surface area (Å²) in [5, 5.41) is 13.6. The van der Waals surface area contributed by atoms with Gasteiger partial charge in [-0.3, -0.25) is 0 Å². The van der Waals surface area contributed by atoms with E-state index < -0.39 is 5.09 Å². The average Bonchev–Trinajstić information content (AvgIpc) is 2.57. The number of hydrogen-bond acceptors (Lipinski definition) is 4. The van der Waals surface area contributed by atoms with Crippen LogP contribution in [0.15, 0.2) is 18.2 Å². The van der Waals surface area contributed by atoms with Crippen molar-refractivity contribution < 1.29 is 15.0 Å². The third kappa shape index (κ3) is 2.83. The highest BCUT2D eigenvalue weighted by Crippen LogP contribution is 2.55. The lowest BCUT2D eigenvalue weighted by atomic mass is 9.52. The van der Waals surface area contributed by atoms with E-state index in [2.05, 4.69) is 30.1 Å². The Morgan fingerprint density at radius 1 is 1.38 bits per heavy atom. The number of piperidine rings is 1. The van der Waals surface area contributed by atoms with Gasteiger partial charge in [-0.2, -0.15) is 0 Å². The van der Waals surface area contributed by atoms with E-state index in [1.165, 1.54) is 45.1 Å². The van der Waals surface area contributed by atoms with Crippen LogP contribution < -0.4 is 4.74 Å². The van der Waals surface area contributed by atoms with Gasteiger partial charge in [-0.1, -0.05) is 18.9 Å². The molecule has 1 aromatic carbocycles. The van der Waals surface area contributed by atoms with Crippen LogP contribution in [-0.4, -0.2) is 41.9 Å². The van der Waals surface area contributed by atoms with Crippen molar-refractivity contribution in [3.8, 4) is 5.75 Å². The van der Waals surface area contributed by atoms with Gasteiger partial charge in [0.1, 0.15) is 5.75 Å². The van der Waals surface area contributed by atoms with E-state index in [1.807, 2.05) is 0 Å². The van der Waals surface area contributed by atoms with E-state index in [9.17, 15) is 0 Å². The maximum atomic E-state index is 8.36. The zero-order valence-corrected chi connectivity index (χ0v) is 14.4. The van der Waals surface area contributed by atoms with E-state index in [0.717, 1.165) is 17.7 Å². The van der Waals surface area contributed by atoms with Crippen molar-refractivity contribution in [2.24, 2.45) is 5.92 Å². The summed E-state index contributed by atoms with van der Waals surface area (Å²) in [6.07, 6.45) is 8.22. The number of hydrogen-bond donors (Lipinski definition) is 1. The van der Waals surface area contributed by atoms with Crippen LogP contribution in [0, 0.1) is 16.0 Å². The normalized spacial score (nSPS) is 31.1. The molecule has 0 spiro atoms. The van der Waals surface area contributed by atoms with E-state index >= 15 is 0 Å². The Morgan fingerprint density at radius 2 is 2.12 bits per heavy atom. The fourth-order valence-electron chi connectivity index (χ4n) is 5.30. The molecule has 6 heteroatoms. The Kier molecular flexibility index (Phi) is 4.67. The second-order valence-corrected chi connectivity index (χ2v) is 7.27.